The first kappa shape index (κ1) is 15.4. The number of nitrogens with one attached hydrogen (secondary N) is 1. The Morgan fingerprint density at radius 1 is 1.48 bits per heavy atom. The van der Waals surface area contributed by atoms with E-state index in [1.807, 2.05) is 0 Å². The molecule has 0 aliphatic carbocycles. The van der Waals surface area contributed by atoms with Gasteiger partial charge in [0.05, 0.1) is 12.8 Å². The number of aromatic amines is 1. The summed E-state index contributed by atoms with van der Waals surface area (Å²) in [6.07, 6.45) is -5.87. The predicted molar refractivity (Wildman–Crippen MR) is 63.8 cm³/mol. The molecule has 1 aliphatic rings. The smallest absolute Gasteiger partial charge is 0.338 e. The van der Waals surface area contributed by atoms with Crippen molar-refractivity contribution >= 4 is 5.97 Å². The number of hydrogen-bond acceptors (Lipinski definition) is 7. The Labute approximate surface area is 116 Å². The van der Waals surface area contributed by atoms with E-state index in [0.717, 1.165) is 0 Å². The third kappa shape index (κ3) is 2.73. The van der Waals surface area contributed by atoms with Crippen molar-refractivity contribution in [1.82, 2.24) is 9.55 Å². The van der Waals surface area contributed by atoms with Crippen molar-refractivity contribution in [2.45, 2.75) is 31.5 Å². The van der Waals surface area contributed by atoms with Gasteiger partial charge in [-0.05, 0) is 6.92 Å². The molecular formula is C11H13FN2O7. The molecule has 10 heteroatoms. The summed E-state index contributed by atoms with van der Waals surface area (Å²) in [5.41, 5.74) is -2.28. The second kappa shape index (κ2) is 5.76. The number of carbonyl (C=O) groups excluding carboxylic acids is 1. The summed E-state index contributed by atoms with van der Waals surface area (Å²) < 4.78 is 23.5. The summed E-state index contributed by atoms with van der Waals surface area (Å²) in [6, 6.07) is 0. The molecule has 0 radical (unpaired) electrons. The average Bonchev–Trinajstić information content (AvgIpc) is 2.71. The fraction of sp³-hybridized carbons (Fsp3) is 0.545. The molecule has 3 N–H and O–H groups in total. The third-order valence-corrected chi connectivity index (χ3v) is 2.96. The van der Waals surface area contributed by atoms with E-state index in [2.05, 4.69) is 4.74 Å². The van der Waals surface area contributed by atoms with Gasteiger partial charge in [0, 0.05) is 0 Å². The van der Waals surface area contributed by atoms with Crippen LogP contribution in [0.1, 0.15) is 13.2 Å². The Bertz CT molecular complexity index is 655. The van der Waals surface area contributed by atoms with E-state index < -0.39 is 47.6 Å². The van der Waals surface area contributed by atoms with Gasteiger partial charge in [-0.2, -0.15) is 4.39 Å². The summed E-state index contributed by atoms with van der Waals surface area (Å²) in [5.74, 6) is -2.20. The van der Waals surface area contributed by atoms with Crippen LogP contribution in [0.2, 0.25) is 0 Å². The van der Waals surface area contributed by atoms with Gasteiger partial charge < -0.3 is 19.7 Å². The number of hydrogen-bond donors (Lipinski definition) is 3. The Morgan fingerprint density at radius 2 is 2.14 bits per heavy atom. The Hall–Kier alpha value is -2.04. The molecule has 1 aromatic heterocycles. The van der Waals surface area contributed by atoms with Gasteiger partial charge in [-0.3, -0.25) is 14.3 Å². The highest BCUT2D eigenvalue weighted by Gasteiger charge is 2.48. The molecule has 0 bridgehead atoms. The monoisotopic (exact) mass is 304 g/mol. The lowest BCUT2D eigenvalue weighted by molar-refractivity contribution is -0.161. The van der Waals surface area contributed by atoms with Gasteiger partial charge in [0.2, 0.25) is 5.82 Å². The van der Waals surface area contributed by atoms with Crippen LogP contribution in [-0.2, 0) is 14.3 Å². The molecule has 4 atom stereocenters. The molecule has 1 fully saturated rings. The minimum atomic E-state index is -1.68. The summed E-state index contributed by atoms with van der Waals surface area (Å²) in [5, 5.41) is 19.6. The molecule has 1 aromatic rings. The molecule has 116 valence electrons. The van der Waals surface area contributed by atoms with Crippen molar-refractivity contribution in [2.24, 2.45) is 0 Å². The molecule has 0 saturated carbocycles. The molecule has 1 aliphatic heterocycles. The van der Waals surface area contributed by atoms with Crippen molar-refractivity contribution in [3.63, 3.8) is 0 Å². The molecule has 2 rings (SSSR count). The highest BCUT2D eigenvalue weighted by Crippen LogP contribution is 2.28. The van der Waals surface area contributed by atoms with Crippen LogP contribution in [0.4, 0.5) is 4.39 Å². The second-order valence-corrected chi connectivity index (χ2v) is 4.32. The number of aromatic nitrogens is 2. The van der Waals surface area contributed by atoms with Gasteiger partial charge in [0.1, 0.15) is 12.2 Å². The van der Waals surface area contributed by atoms with Crippen LogP contribution >= 0.6 is 0 Å². The van der Waals surface area contributed by atoms with Crippen molar-refractivity contribution in [3.05, 3.63) is 32.9 Å². The van der Waals surface area contributed by atoms with Crippen LogP contribution in [0.5, 0.6) is 0 Å². The van der Waals surface area contributed by atoms with Gasteiger partial charge in [0.15, 0.2) is 12.3 Å². The first-order valence-corrected chi connectivity index (χ1v) is 6.06. The average molecular weight is 304 g/mol. The molecule has 9 nitrogen and oxygen atoms in total. The van der Waals surface area contributed by atoms with E-state index in [1.54, 1.807) is 4.98 Å². The van der Waals surface area contributed by atoms with Crippen LogP contribution < -0.4 is 11.2 Å². The quantitative estimate of drug-likeness (QED) is 0.543. The predicted octanol–water partition coefficient (Wildman–Crippen LogP) is -2.14. The van der Waals surface area contributed by atoms with E-state index >= 15 is 0 Å². The summed E-state index contributed by atoms with van der Waals surface area (Å²) in [4.78, 5) is 35.7. The minimum Gasteiger partial charge on any atom is -0.464 e. The van der Waals surface area contributed by atoms with Gasteiger partial charge in [-0.15, -0.1) is 0 Å². The number of nitrogens with zero attached hydrogens (tertiary/aromatic N) is 1. The minimum absolute atomic E-state index is 0.0272. The van der Waals surface area contributed by atoms with E-state index in [-0.39, 0.29) is 6.61 Å². The first-order chi connectivity index (χ1) is 9.86. The number of carbonyl (C=O) groups is 1. The van der Waals surface area contributed by atoms with Crippen LogP contribution in [0.3, 0.4) is 0 Å². The normalized spacial score (nSPS) is 28.6. The van der Waals surface area contributed by atoms with E-state index in [4.69, 9.17) is 4.74 Å². The maximum absolute atomic E-state index is 13.2. The largest absolute Gasteiger partial charge is 0.464 e. The maximum Gasteiger partial charge on any atom is 0.338 e. The molecule has 0 aromatic carbocycles. The van der Waals surface area contributed by atoms with Crippen molar-refractivity contribution in [1.29, 1.82) is 0 Å². The number of rotatable bonds is 3. The van der Waals surface area contributed by atoms with Gasteiger partial charge in [-0.1, -0.05) is 0 Å². The van der Waals surface area contributed by atoms with E-state index in [0.29, 0.717) is 10.8 Å². The van der Waals surface area contributed by atoms with Crippen LogP contribution in [0.15, 0.2) is 15.8 Å². The van der Waals surface area contributed by atoms with Crippen molar-refractivity contribution in [2.75, 3.05) is 6.61 Å². The molecule has 0 spiro atoms. The highest BCUT2D eigenvalue weighted by atomic mass is 19.1. The maximum atomic E-state index is 13.2. The summed E-state index contributed by atoms with van der Waals surface area (Å²) in [7, 11) is 0. The second-order valence-electron chi connectivity index (χ2n) is 4.32. The zero-order valence-corrected chi connectivity index (χ0v) is 10.9. The van der Waals surface area contributed by atoms with Crippen LogP contribution in [0.25, 0.3) is 0 Å². The number of aliphatic hydroxyl groups is 2. The van der Waals surface area contributed by atoms with Crippen LogP contribution in [0, 0.1) is 5.82 Å². The lowest BCUT2D eigenvalue weighted by Gasteiger charge is -2.16. The molecule has 21 heavy (non-hydrogen) atoms. The molecule has 4 unspecified atom stereocenters. The lowest BCUT2D eigenvalue weighted by Crippen LogP contribution is -2.39. The number of esters is 1. The SMILES string of the molecule is CCOC(=O)C1OC(n2cc(F)c(=O)[nH]c2=O)C(O)C1O. The standard InChI is InChI=1S/C11H13FN2O7/c1-2-20-10(18)7-5(15)6(16)9(21-7)14-3-4(12)8(17)13-11(14)19/h3,5-7,9,15-16H,2H2,1H3,(H,13,17,19). The Morgan fingerprint density at radius 3 is 2.76 bits per heavy atom. The van der Waals surface area contributed by atoms with Gasteiger partial charge in [0.25, 0.3) is 5.56 Å². The fourth-order valence-corrected chi connectivity index (χ4v) is 1.96. The van der Waals surface area contributed by atoms with E-state index in [9.17, 15) is 29.0 Å². The van der Waals surface area contributed by atoms with Crippen molar-refractivity contribution < 1.29 is 28.9 Å². The zero-order valence-electron chi connectivity index (χ0n) is 10.9. The zero-order chi connectivity index (χ0) is 15.7. The molecule has 0 amide bonds. The fourth-order valence-electron chi connectivity index (χ4n) is 1.96. The van der Waals surface area contributed by atoms with Crippen molar-refractivity contribution in [3.8, 4) is 0 Å². The number of H-pyrrole nitrogens is 1. The Balaban J connectivity index is 2.34. The molecular weight excluding hydrogens is 291 g/mol. The van der Waals surface area contributed by atoms with E-state index in [1.165, 1.54) is 6.92 Å². The van der Waals surface area contributed by atoms with Gasteiger partial charge in [-0.25, -0.2) is 9.59 Å². The highest BCUT2D eigenvalue weighted by molar-refractivity contribution is 5.76. The number of halogens is 1. The van der Waals surface area contributed by atoms with Crippen LogP contribution in [-0.4, -0.2) is 50.7 Å². The number of aliphatic hydroxyl groups excluding tert-OH is 2. The third-order valence-electron chi connectivity index (χ3n) is 2.96. The number of ether oxygens (including phenoxy) is 2. The van der Waals surface area contributed by atoms with Gasteiger partial charge >= 0.3 is 11.7 Å². The summed E-state index contributed by atoms with van der Waals surface area (Å²) >= 11 is 0. The molecule has 1 saturated heterocycles. The Kier molecular flexibility index (Phi) is 4.21. The summed E-state index contributed by atoms with van der Waals surface area (Å²) in [6.45, 7) is 1.56. The first-order valence-electron chi connectivity index (χ1n) is 6.06. The topological polar surface area (TPSA) is 131 Å². The molecule has 2 heterocycles. The lowest BCUT2D eigenvalue weighted by atomic mass is 10.1.